The van der Waals surface area contributed by atoms with Gasteiger partial charge in [0.2, 0.25) is 11.7 Å². The van der Waals surface area contributed by atoms with Crippen LogP contribution in [0.2, 0.25) is 0 Å². The lowest BCUT2D eigenvalue weighted by Crippen LogP contribution is -2.24. The fourth-order valence-electron chi connectivity index (χ4n) is 2.29. The Hall–Kier alpha value is -2.44. The predicted molar refractivity (Wildman–Crippen MR) is 84.2 cm³/mol. The minimum Gasteiger partial charge on any atom is -0.481 e. The van der Waals surface area contributed by atoms with Crippen molar-refractivity contribution in [3.63, 3.8) is 0 Å². The Labute approximate surface area is 134 Å². The highest BCUT2D eigenvalue weighted by molar-refractivity contribution is 5.66. The lowest BCUT2D eigenvalue weighted by Gasteiger charge is -2.09. The van der Waals surface area contributed by atoms with Crippen molar-refractivity contribution >= 4 is 5.97 Å². The number of hydrogen-bond donors (Lipinski definition) is 1. The van der Waals surface area contributed by atoms with E-state index in [9.17, 15) is 9.59 Å². The van der Waals surface area contributed by atoms with Crippen LogP contribution in [-0.4, -0.2) is 25.8 Å². The van der Waals surface area contributed by atoms with Crippen LogP contribution in [0.4, 0.5) is 0 Å². The van der Waals surface area contributed by atoms with Crippen molar-refractivity contribution in [2.45, 2.75) is 52.5 Å². The zero-order valence-electron chi connectivity index (χ0n) is 13.4. The first-order valence-electron chi connectivity index (χ1n) is 7.78. The fraction of sp³-hybridized carbons (Fsp3) is 0.500. The second-order valence-electron chi connectivity index (χ2n) is 5.46. The van der Waals surface area contributed by atoms with E-state index >= 15 is 0 Å². The molecule has 0 unspecified atom stereocenters. The maximum absolute atomic E-state index is 12.6. The highest BCUT2D eigenvalue weighted by Gasteiger charge is 2.14. The monoisotopic (exact) mass is 319 g/mol. The van der Waals surface area contributed by atoms with Gasteiger partial charge in [-0.2, -0.15) is 4.98 Å². The Kier molecular flexibility index (Phi) is 5.67. The van der Waals surface area contributed by atoms with Crippen molar-refractivity contribution in [3.05, 3.63) is 34.1 Å². The van der Waals surface area contributed by atoms with Gasteiger partial charge in [0.25, 0.3) is 5.56 Å². The Bertz CT molecular complexity index is 733. The van der Waals surface area contributed by atoms with Gasteiger partial charge in [-0.25, -0.2) is 0 Å². The third-order valence-corrected chi connectivity index (χ3v) is 3.62. The summed E-state index contributed by atoms with van der Waals surface area (Å²) in [6.07, 6.45) is 2.79. The van der Waals surface area contributed by atoms with Gasteiger partial charge in [-0.1, -0.05) is 18.5 Å². The van der Waals surface area contributed by atoms with Gasteiger partial charge in [-0.3, -0.25) is 9.59 Å². The van der Waals surface area contributed by atoms with Crippen LogP contribution in [0.3, 0.4) is 0 Å². The number of carboxylic acids is 1. The first-order chi connectivity index (χ1) is 11.0. The average Bonchev–Trinajstić information content (AvgIpc) is 2.95. The molecule has 7 heteroatoms. The van der Waals surface area contributed by atoms with Crippen molar-refractivity contribution < 1.29 is 14.4 Å². The maximum atomic E-state index is 12.6. The molecule has 23 heavy (non-hydrogen) atoms. The lowest BCUT2D eigenvalue weighted by molar-refractivity contribution is -0.137. The fourth-order valence-corrected chi connectivity index (χ4v) is 2.29. The number of rotatable bonds is 8. The third-order valence-electron chi connectivity index (χ3n) is 3.62. The van der Waals surface area contributed by atoms with E-state index < -0.39 is 5.97 Å². The summed E-state index contributed by atoms with van der Waals surface area (Å²) in [5.41, 5.74) is 1.17. The predicted octanol–water partition coefficient (Wildman–Crippen LogP) is 2.41. The Morgan fingerprint density at radius 3 is 2.83 bits per heavy atom. The van der Waals surface area contributed by atoms with Crippen molar-refractivity contribution in [1.82, 2.24) is 14.7 Å². The number of hydrogen-bond acceptors (Lipinski definition) is 5. The van der Waals surface area contributed by atoms with Crippen LogP contribution < -0.4 is 5.56 Å². The van der Waals surface area contributed by atoms with Gasteiger partial charge in [-0.05, 0) is 31.9 Å². The minimum absolute atomic E-state index is 0.0477. The summed E-state index contributed by atoms with van der Waals surface area (Å²) in [6.45, 7) is 4.64. The Morgan fingerprint density at radius 2 is 2.13 bits per heavy atom. The van der Waals surface area contributed by atoms with Crippen molar-refractivity contribution in [2.75, 3.05) is 0 Å². The zero-order valence-corrected chi connectivity index (χ0v) is 13.4. The second-order valence-corrected chi connectivity index (χ2v) is 5.46. The second kappa shape index (κ2) is 7.71. The molecule has 0 amide bonds. The normalized spacial score (nSPS) is 10.9. The minimum atomic E-state index is -0.859. The zero-order chi connectivity index (χ0) is 16.8. The highest BCUT2D eigenvalue weighted by Crippen LogP contribution is 2.14. The molecule has 7 nitrogen and oxygen atoms in total. The average molecular weight is 319 g/mol. The van der Waals surface area contributed by atoms with E-state index in [4.69, 9.17) is 9.63 Å². The molecule has 124 valence electrons. The smallest absolute Gasteiger partial charge is 0.303 e. The van der Waals surface area contributed by atoms with Crippen LogP contribution in [0.5, 0.6) is 0 Å². The number of aryl methyl sites for hydroxylation is 2. The molecule has 2 aromatic rings. The van der Waals surface area contributed by atoms with Gasteiger partial charge >= 0.3 is 5.97 Å². The molecule has 0 atom stereocenters. The van der Waals surface area contributed by atoms with Crippen LogP contribution in [0.25, 0.3) is 11.4 Å². The number of aliphatic carboxylic acids is 1. The molecule has 0 spiro atoms. The molecule has 0 saturated carbocycles. The van der Waals surface area contributed by atoms with E-state index in [1.54, 1.807) is 10.6 Å². The third kappa shape index (κ3) is 4.28. The topological polar surface area (TPSA) is 98.2 Å². The quantitative estimate of drug-likeness (QED) is 0.802. The van der Waals surface area contributed by atoms with Crippen LogP contribution in [0.1, 0.15) is 44.2 Å². The Balaban J connectivity index is 2.20. The van der Waals surface area contributed by atoms with E-state index in [1.165, 1.54) is 0 Å². The molecule has 0 radical (unpaired) electrons. The standard InChI is InChI=1S/C16H21N3O4/c1-3-4-10-19-11(2)8-9-12(16(19)22)15-17-13(23-18-15)6-5-7-14(20)21/h8-9H,3-7,10H2,1-2H3,(H,20,21). The number of unbranched alkanes of at least 4 members (excludes halogenated alkanes) is 1. The molecule has 2 rings (SSSR count). The van der Waals surface area contributed by atoms with Crippen LogP contribution in [-0.2, 0) is 17.8 Å². The van der Waals surface area contributed by atoms with Gasteiger partial charge in [0, 0.05) is 25.1 Å². The lowest BCUT2D eigenvalue weighted by atomic mass is 10.2. The van der Waals surface area contributed by atoms with E-state index in [0.717, 1.165) is 18.5 Å². The van der Waals surface area contributed by atoms with Gasteiger partial charge in [0.1, 0.15) is 0 Å². The molecular formula is C16H21N3O4. The number of nitrogens with zero attached hydrogens (tertiary/aromatic N) is 3. The molecule has 2 aromatic heterocycles. The van der Waals surface area contributed by atoms with Crippen LogP contribution in [0, 0.1) is 6.92 Å². The molecular weight excluding hydrogens is 298 g/mol. The molecule has 2 heterocycles. The van der Waals surface area contributed by atoms with Gasteiger partial charge in [-0.15, -0.1) is 0 Å². The van der Waals surface area contributed by atoms with Gasteiger partial charge < -0.3 is 14.2 Å². The summed E-state index contributed by atoms with van der Waals surface area (Å²) in [6, 6.07) is 3.57. The van der Waals surface area contributed by atoms with Gasteiger partial charge in [0.05, 0.1) is 5.56 Å². The molecule has 0 aliphatic rings. The summed E-state index contributed by atoms with van der Waals surface area (Å²) in [4.78, 5) is 27.3. The summed E-state index contributed by atoms with van der Waals surface area (Å²) in [5, 5.41) is 12.5. The summed E-state index contributed by atoms with van der Waals surface area (Å²) in [5.74, 6) is -0.256. The SMILES string of the molecule is CCCCn1c(C)ccc(-c2noc(CCCC(=O)O)n2)c1=O. The largest absolute Gasteiger partial charge is 0.481 e. The molecule has 0 aliphatic carbocycles. The van der Waals surface area contributed by atoms with Crippen LogP contribution in [0.15, 0.2) is 21.5 Å². The van der Waals surface area contributed by atoms with E-state index in [2.05, 4.69) is 17.1 Å². The van der Waals surface area contributed by atoms with Crippen LogP contribution >= 0.6 is 0 Å². The molecule has 0 aliphatic heterocycles. The Morgan fingerprint density at radius 1 is 1.35 bits per heavy atom. The molecule has 0 fully saturated rings. The molecule has 0 bridgehead atoms. The summed E-state index contributed by atoms with van der Waals surface area (Å²) < 4.78 is 6.83. The van der Waals surface area contributed by atoms with E-state index in [0.29, 0.717) is 30.8 Å². The summed E-state index contributed by atoms with van der Waals surface area (Å²) in [7, 11) is 0. The van der Waals surface area contributed by atoms with Crippen molar-refractivity contribution in [1.29, 1.82) is 0 Å². The first kappa shape index (κ1) is 16.9. The van der Waals surface area contributed by atoms with Crippen molar-refractivity contribution in [2.24, 2.45) is 0 Å². The first-order valence-corrected chi connectivity index (χ1v) is 7.78. The molecule has 0 aromatic carbocycles. The van der Waals surface area contributed by atoms with Gasteiger partial charge in [0.15, 0.2) is 0 Å². The number of aromatic nitrogens is 3. The number of pyridine rings is 1. The number of carbonyl (C=O) groups is 1. The molecule has 1 N–H and O–H groups in total. The summed E-state index contributed by atoms with van der Waals surface area (Å²) >= 11 is 0. The molecule has 0 saturated heterocycles. The highest BCUT2D eigenvalue weighted by atomic mass is 16.5. The maximum Gasteiger partial charge on any atom is 0.303 e. The number of carboxylic acid groups (broad SMARTS) is 1. The van der Waals surface area contributed by atoms with E-state index in [-0.39, 0.29) is 17.8 Å². The van der Waals surface area contributed by atoms with Crippen molar-refractivity contribution in [3.8, 4) is 11.4 Å². The van der Waals surface area contributed by atoms with E-state index in [1.807, 2.05) is 13.0 Å².